The molecule has 186 valence electrons. The number of aliphatic imine (C=N–C) groups is 1. The molecule has 3 aromatic rings. The minimum atomic E-state index is -0.136. The largest absolute Gasteiger partial charge is 0.473 e. The van der Waals surface area contributed by atoms with E-state index in [9.17, 15) is 4.79 Å². The zero-order valence-corrected chi connectivity index (χ0v) is 21.2. The summed E-state index contributed by atoms with van der Waals surface area (Å²) in [5, 5.41) is 16.9. The van der Waals surface area contributed by atoms with Crippen LogP contribution in [0.4, 0.5) is 0 Å². The van der Waals surface area contributed by atoms with Gasteiger partial charge < -0.3 is 10.1 Å². The molecule has 10 heteroatoms. The second kappa shape index (κ2) is 10.3. The van der Waals surface area contributed by atoms with Gasteiger partial charge in [-0.25, -0.2) is 9.67 Å². The van der Waals surface area contributed by atoms with Crippen LogP contribution < -0.4 is 15.6 Å². The first-order valence-corrected chi connectivity index (χ1v) is 12.0. The van der Waals surface area contributed by atoms with E-state index in [-0.39, 0.29) is 17.7 Å². The molecular formula is C25H34N8O2. The fraction of sp³-hybridized carbons (Fsp3) is 0.480. The highest BCUT2D eigenvalue weighted by atomic mass is 16.5. The van der Waals surface area contributed by atoms with Crippen molar-refractivity contribution >= 4 is 12.8 Å². The predicted octanol–water partition coefficient (Wildman–Crippen LogP) is 3.17. The van der Waals surface area contributed by atoms with E-state index < -0.39 is 0 Å². The second-order valence-corrected chi connectivity index (χ2v) is 9.07. The van der Waals surface area contributed by atoms with Crippen LogP contribution in [-0.2, 0) is 14.1 Å². The second-order valence-electron chi connectivity index (χ2n) is 9.07. The van der Waals surface area contributed by atoms with E-state index in [1.165, 1.54) is 4.68 Å². The highest BCUT2D eigenvalue weighted by Crippen LogP contribution is 2.35. The number of nitrogens with zero attached hydrogens (tertiary/aromatic N) is 7. The molecule has 0 spiro atoms. The molecular weight excluding hydrogens is 444 g/mol. The van der Waals surface area contributed by atoms with E-state index in [2.05, 4.69) is 38.8 Å². The Hall–Kier alpha value is -3.69. The summed E-state index contributed by atoms with van der Waals surface area (Å²) in [4.78, 5) is 16.0. The molecule has 0 atom stereocenters. The molecule has 4 rings (SSSR count). The molecule has 0 radical (unpaired) electrons. The van der Waals surface area contributed by atoms with E-state index >= 15 is 0 Å². The SMILES string of the molecule is C=N/C(=C\c1c(C)c(-c2cnn(C)c2)nn1C1CCC(Oc2nn(C)c(=O)cc2C)CC1)NCC. The molecule has 0 aliphatic heterocycles. The van der Waals surface area contributed by atoms with E-state index in [1.54, 1.807) is 17.8 Å². The first kappa shape index (κ1) is 24.4. The van der Waals surface area contributed by atoms with Gasteiger partial charge in [-0.2, -0.15) is 10.2 Å². The molecule has 0 aromatic carbocycles. The van der Waals surface area contributed by atoms with E-state index in [0.717, 1.165) is 66.1 Å². The van der Waals surface area contributed by atoms with Crippen LogP contribution in [0.3, 0.4) is 0 Å². The number of ether oxygens (including phenoxy) is 1. The van der Waals surface area contributed by atoms with Gasteiger partial charge >= 0.3 is 0 Å². The van der Waals surface area contributed by atoms with Crippen LogP contribution in [0.2, 0.25) is 0 Å². The van der Waals surface area contributed by atoms with Crippen LogP contribution in [0.5, 0.6) is 5.88 Å². The Morgan fingerprint density at radius 1 is 1.26 bits per heavy atom. The molecule has 1 saturated carbocycles. The first-order chi connectivity index (χ1) is 16.8. The summed E-state index contributed by atoms with van der Waals surface area (Å²) in [5.41, 5.74) is 4.64. The Balaban J connectivity index is 1.59. The molecule has 0 bridgehead atoms. The maximum absolute atomic E-state index is 11.8. The molecule has 0 saturated heterocycles. The van der Waals surface area contributed by atoms with Crippen molar-refractivity contribution in [1.82, 2.24) is 34.7 Å². The molecule has 10 nitrogen and oxygen atoms in total. The van der Waals surface area contributed by atoms with Gasteiger partial charge in [0.2, 0.25) is 5.88 Å². The Morgan fingerprint density at radius 2 is 2.00 bits per heavy atom. The fourth-order valence-electron chi connectivity index (χ4n) is 4.55. The van der Waals surface area contributed by atoms with Crippen molar-refractivity contribution in [3.8, 4) is 17.1 Å². The van der Waals surface area contributed by atoms with Crippen molar-refractivity contribution in [2.45, 2.75) is 58.6 Å². The smallest absolute Gasteiger partial charge is 0.266 e. The van der Waals surface area contributed by atoms with Gasteiger partial charge in [-0.3, -0.25) is 14.2 Å². The van der Waals surface area contributed by atoms with Gasteiger partial charge in [0, 0.05) is 55.7 Å². The van der Waals surface area contributed by atoms with Gasteiger partial charge in [-0.15, -0.1) is 5.10 Å². The zero-order valence-electron chi connectivity index (χ0n) is 21.2. The topological polar surface area (TPSA) is 104 Å². The molecule has 1 fully saturated rings. The van der Waals surface area contributed by atoms with Gasteiger partial charge in [0.15, 0.2) is 0 Å². The Morgan fingerprint density at radius 3 is 2.63 bits per heavy atom. The molecule has 0 amide bonds. The molecule has 1 aliphatic carbocycles. The van der Waals surface area contributed by atoms with E-state index in [1.807, 2.05) is 39.4 Å². The van der Waals surface area contributed by atoms with Gasteiger partial charge in [0.25, 0.3) is 5.56 Å². The van der Waals surface area contributed by atoms with Crippen LogP contribution in [0, 0.1) is 13.8 Å². The van der Waals surface area contributed by atoms with Gasteiger partial charge in [0.1, 0.15) is 11.9 Å². The van der Waals surface area contributed by atoms with Crippen LogP contribution in [0.1, 0.15) is 55.5 Å². The minimum absolute atomic E-state index is 0.0514. The molecule has 35 heavy (non-hydrogen) atoms. The van der Waals surface area contributed by atoms with Crippen molar-refractivity contribution in [3.63, 3.8) is 0 Å². The summed E-state index contributed by atoms with van der Waals surface area (Å²) in [6.07, 6.45) is 9.49. The third-order valence-corrected chi connectivity index (χ3v) is 6.48. The fourth-order valence-corrected chi connectivity index (χ4v) is 4.55. The normalized spacial score (nSPS) is 18.5. The third kappa shape index (κ3) is 5.21. The highest BCUT2D eigenvalue weighted by molar-refractivity contribution is 5.68. The summed E-state index contributed by atoms with van der Waals surface area (Å²) in [7, 11) is 3.55. The number of rotatable bonds is 8. The summed E-state index contributed by atoms with van der Waals surface area (Å²) < 4.78 is 11.4. The lowest BCUT2D eigenvalue weighted by Crippen LogP contribution is -2.28. The monoisotopic (exact) mass is 478 g/mol. The number of aromatic nitrogens is 6. The summed E-state index contributed by atoms with van der Waals surface area (Å²) in [6, 6.07) is 1.79. The Bertz CT molecular complexity index is 1290. The lowest BCUT2D eigenvalue weighted by Gasteiger charge is -2.30. The summed E-state index contributed by atoms with van der Waals surface area (Å²) in [5.74, 6) is 1.25. The van der Waals surface area contributed by atoms with Crippen molar-refractivity contribution in [3.05, 3.63) is 51.5 Å². The van der Waals surface area contributed by atoms with Crippen molar-refractivity contribution in [1.29, 1.82) is 0 Å². The lowest BCUT2D eigenvalue weighted by atomic mass is 9.92. The average molecular weight is 479 g/mol. The third-order valence-electron chi connectivity index (χ3n) is 6.48. The number of aryl methyl sites for hydroxylation is 3. The Labute approximate surface area is 205 Å². The van der Waals surface area contributed by atoms with Gasteiger partial charge in [-0.1, -0.05) is 0 Å². The highest BCUT2D eigenvalue weighted by Gasteiger charge is 2.28. The van der Waals surface area contributed by atoms with Gasteiger partial charge in [-0.05, 0) is 53.2 Å². The predicted molar refractivity (Wildman–Crippen MR) is 137 cm³/mol. The minimum Gasteiger partial charge on any atom is -0.473 e. The summed E-state index contributed by atoms with van der Waals surface area (Å²) in [6.45, 7) is 10.5. The Kier molecular flexibility index (Phi) is 7.18. The van der Waals surface area contributed by atoms with Crippen LogP contribution >= 0.6 is 0 Å². The maximum atomic E-state index is 11.8. The van der Waals surface area contributed by atoms with Crippen LogP contribution in [-0.4, -0.2) is 48.7 Å². The molecule has 3 aromatic heterocycles. The van der Waals surface area contributed by atoms with Crippen molar-refractivity contribution < 1.29 is 4.74 Å². The average Bonchev–Trinajstić information content (AvgIpc) is 3.40. The van der Waals surface area contributed by atoms with Crippen LogP contribution in [0.15, 0.2) is 34.1 Å². The molecule has 3 heterocycles. The molecule has 0 unspecified atom stereocenters. The summed E-state index contributed by atoms with van der Waals surface area (Å²) >= 11 is 0. The lowest BCUT2D eigenvalue weighted by molar-refractivity contribution is 0.121. The quantitative estimate of drug-likeness (QED) is 0.499. The van der Waals surface area contributed by atoms with Crippen molar-refractivity contribution in [2.24, 2.45) is 19.1 Å². The van der Waals surface area contributed by atoms with Crippen molar-refractivity contribution in [2.75, 3.05) is 6.54 Å². The van der Waals surface area contributed by atoms with Gasteiger partial charge in [0.05, 0.1) is 23.6 Å². The number of hydrogen-bond donors (Lipinski definition) is 1. The number of hydrogen-bond acceptors (Lipinski definition) is 7. The van der Waals surface area contributed by atoms with E-state index in [4.69, 9.17) is 9.84 Å². The molecule has 1 N–H and O–H groups in total. The maximum Gasteiger partial charge on any atom is 0.266 e. The first-order valence-electron chi connectivity index (χ1n) is 12.0. The van der Waals surface area contributed by atoms with E-state index in [0.29, 0.717) is 5.88 Å². The zero-order chi connectivity index (χ0) is 25.1. The van der Waals surface area contributed by atoms with Crippen LogP contribution in [0.25, 0.3) is 17.3 Å². The molecule has 1 aliphatic rings. The standard InChI is InChI=1S/C25H34N8O2/c1-7-27-22(26-4)13-21-17(3)24(18-14-28-31(5)15-18)29-33(21)19-8-10-20(11-9-19)35-25-16(2)12-23(34)32(6)30-25/h12-15,19-20,27H,4,7-11H2,1-3,5-6H3/b22-13+. The number of nitrogens with one attached hydrogen (secondary N) is 1.